The predicted octanol–water partition coefficient (Wildman–Crippen LogP) is 2.00. The minimum absolute atomic E-state index is 0.0179. The second-order valence-electron chi connectivity index (χ2n) is 9.96. The van der Waals surface area contributed by atoms with E-state index in [2.05, 4.69) is 25.2 Å². The molecular weight excluding hydrogens is 370 g/mol. The van der Waals surface area contributed by atoms with Crippen molar-refractivity contribution in [1.29, 1.82) is 0 Å². The maximum Gasteiger partial charge on any atom is 0.315 e. The van der Waals surface area contributed by atoms with Gasteiger partial charge in [0.2, 0.25) is 6.79 Å². The van der Waals surface area contributed by atoms with Gasteiger partial charge in [-0.25, -0.2) is 0 Å². The molecule has 1 spiro atoms. The van der Waals surface area contributed by atoms with Crippen LogP contribution >= 0.6 is 0 Å². The first-order valence-corrected chi connectivity index (χ1v) is 11.1. The molecule has 2 aliphatic carbocycles. The molecule has 4 fully saturated rings. The van der Waals surface area contributed by atoms with Crippen molar-refractivity contribution in [3.8, 4) is 11.5 Å². The molecule has 0 aromatic heterocycles. The third kappa shape index (κ3) is 2.45. The van der Waals surface area contributed by atoms with E-state index in [-0.39, 0.29) is 41.0 Å². The summed E-state index contributed by atoms with van der Waals surface area (Å²) in [5.74, 6) is 2.30. The number of ether oxygens (including phenoxy) is 4. The van der Waals surface area contributed by atoms with Gasteiger partial charge < -0.3 is 24.3 Å². The van der Waals surface area contributed by atoms with Gasteiger partial charge in [0.15, 0.2) is 11.5 Å². The third-order valence-electron chi connectivity index (χ3n) is 8.43. The van der Waals surface area contributed by atoms with Crippen molar-refractivity contribution in [2.75, 3.05) is 13.3 Å². The minimum Gasteiger partial charge on any atom is -0.462 e. The molecule has 156 valence electrons. The summed E-state index contributed by atoms with van der Waals surface area (Å²) in [4.78, 5) is 12.8. The highest BCUT2D eigenvalue weighted by Crippen LogP contribution is 2.70. The Morgan fingerprint density at radius 3 is 3.00 bits per heavy atom. The van der Waals surface area contributed by atoms with Crippen LogP contribution in [0, 0.1) is 23.2 Å². The predicted molar refractivity (Wildman–Crippen MR) is 103 cm³/mol. The van der Waals surface area contributed by atoms with Crippen LogP contribution in [0.1, 0.15) is 45.1 Å². The molecule has 3 heterocycles. The molecule has 0 radical (unpaired) electrons. The van der Waals surface area contributed by atoms with E-state index in [0.29, 0.717) is 12.7 Å². The van der Waals surface area contributed by atoms with Crippen molar-refractivity contribution in [2.24, 2.45) is 23.2 Å². The van der Waals surface area contributed by atoms with E-state index in [1.807, 2.05) is 12.1 Å². The van der Waals surface area contributed by atoms with Gasteiger partial charge in [-0.2, -0.15) is 0 Å². The van der Waals surface area contributed by atoms with E-state index in [9.17, 15) is 4.79 Å². The van der Waals surface area contributed by atoms with Crippen LogP contribution in [0.25, 0.3) is 0 Å². The van der Waals surface area contributed by atoms with Crippen LogP contribution in [0.15, 0.2) is 18.2 Å². The summed E-state index contributed by atoms with van der Waals surface area (Å²) < 4.78 is 23.3. The molecule has 6 heteroatoms. The van der Waals surface area contributed by atoms with E-state index in [4.69, 9.17) is 18.9 Å². The minimum atomic E-state index is -0.0722. The first kappa shape index (κ1) is 18.0. The fraction of sp³-hybridized carbons (Fsp3) is 0.696. The van der Waals surface area contributed by atoms with Crippen molar-refractivity contribution in [3.63, 3.8) is 0 Å². The lowest BCUT2D eigenvalue weighted by molar-refractivity contribution is -0.675. The molecule has 5 aliphatic rings. The molecule has 0 amide bonds. The molecule has 6 nitrogen and oxygen atoms in total. The van der Waals surface area contributed by atoms with Gasteiger partial charge in [-0.3, -0.25) is 4.79 Å². The highest BCUT2D eigenvalue weighted by molar-refractivity contribution is 5.76. The van der Waals surface area contributed by atoms with Crippen molar-refractivity contribution < 1.29 is 29.1 Å². The fourth-order valence-electron chi connectivity index (χ4n) is 7.00. The standard InChI is InChI=1S/C23H29NO5/c1-13-4-3-7-22(2)9-18-19(20-23(13,22)29-20)15(21(25)28-18)11-24-10-14-5-6-16-17(8-14)27-12-26-16/h5-6,8,13,15,18-20,24H,3-4,7,9-12H2,1-2H3/p+1/t13-,15+,18+,19+,20-,22+,23-/m0/s1. The van der Waals surface area contributed by atoms with Crippen LogP contribution in [0.2, 0.25) is 0 Å². The van der Waals surface area contributed by atoms with Crippen LogP contribution in [0.4, 0.5) is 0 Å². The number of quaternary nitrogens is 1. The molecule has 1 aromatic rings. The Morgan fingerprint density at radius 1 is 1.24 bits per heavy atom. The van der Waals surface area contributed by atoms with E-state index < -0.39 is 0 Å². The van der Waals surface area contributed by atoms with Crippen molar-refractivity contribution >= 4 is 5.97 Å². The van der Waals surface area contributed by atoms with Gasteiger partial charge in [0.05, 0.1) is 12.6 Å². The Morgan fingerprint density at radius 2 is 2.10 bits per heavy atom. The number of fused-ring (bicyclic) bond motifs is 3. The van der Waals surface area contributed by atoms with Crippen LogP contribution in [-0.2, 0) is 20.8 Å². The Balaban J connectivity index is 1.16. The first-order chi connectivity index (χ1) is 14.0. The average Bonchev–Trinajstić information content (AvgIpc) is 3.15. The molecule has 2 N–H and O–H groups in total. The number of esters is 1. The molecule has 7 atom stereocenters. The lowest BCUT2D eigenvalue weighted by atomic mass is 9.53. The average molecular weight is 400 g/mol. The van der Waals surface area contributed by atoms with E-state index in [1.54, 1.807) is 0 Å². The summed E-state index contributed by atoms with van der Waals surface area (Å²) in [6.45, 7) is 6.56. The van der Waals surface area contributed by atoms with Crippen molar-refractivity contribution in [3.05, 3.63) is 23.8 Å². The molecule has 3 aliphatic heterocycles. The van der Waals surface area contributed by atoms with E-state index in [1.165, 1.54) is 24.8 Å². The topological polar surface area (TPSA) is 73.9 Å². The molecule has 0 unspecified atom stereocenters. The smallest absolute Gasteiger partial charge is 0.315 e. The Kier molecular flexibility index (Phi) is 3.80. The number of carbonyl (C=O) groups is 1. The lowest BCUT2D eigenvalue weighted by Crippen LogP contribution is -2.84. The van der Waals surface area contributed by atoms with Crippen molar-refractivity contribution in [2.45, 2.75) is 63.9 Å². The van der Waals surface area contributed by atoms with Gasteiger partial charge >= 0.3 is 5.97 Å². The quantitative estimate of drug-likeness (QED) is 0.618. The SMILES string of the molecule is C[C@H]1CCC[C@]2(C)C[C@H]3OC(=O)[C@H](C[NH2+]Cc4ccc5c(c4)OCO5)[C@H]3[C@@H]3O[C@@]132. The summed E-state index contributed by atoms with van der Waals surface area (Å²) >= 11 is 0. The van der Waals surface area contributed by atoms with Crippen LogP contribution in [0.3, 0.4) is 0 Å². The fourth-order valence-corrected chi connectivity index (χ4v) is 7.00. The van der Waals surface area contributed by atoms with Gasteiger partial charge in [0.1, 0.15) is 24.2 Å². The zero-order valence-electron chi connectivity index (χ0n) is 17.2. The number of hydrogen-bond donors (Lipinski definition) is 1. The summed E-state index contributed by atoms with van der Waals surface area (Å²) in [7, 11) is 0. The molecule has 0 bridgehead atoms. The summed E-state index contributed by atoms with van der Waals surface area (Å²) in [5.41, 5.74) is 1.31. The zero-order valence-corrected chi connectivity index (χ0v) is 17.2. The molecule has 6 rings (SSSR count). The summed E-state index contributed by atoms with van der Waals surface area (Å²) in [6.07, 6.45) is 4.87. The van der Waals surface area contributed by atoms with Crippen LogP contribution < -0.4 is 14.8 Å². The number of carbonyl (C=O) groups excluding carboxylic acids is 1. The summed E-state index contributed by atoms with van der Waals surface area (Å²) in [6, 6.07) is 6.05. The maximum absolute atomic E-state index is 12.8. The number of benzene rings is 1. The Hall–Kier alpha value is -1.79. The van der Waals surface area contributed by atoms with Gasteiger partial charge in [0, 0.05) is 16.9 Å². The maximum atomic E-state index is 12.8. The normalized spacial score (nSPS) is 43.9. The molecule has 1 aromatic carbocycles. The van der Waals surface area contributed by atoms with E-state index >= 15 is 0 Å². The molecule has 2 saturated carbocycles. The van der Waals surface area contributed by atoms with Gasteiger partial charge in [0.25, 0.3) is 0 Å². The lowest BCUT2D eigenvalue weighted by Gasteiger charge is -2.48. The van der Waals surface area contributed by atoms with Gasteiger partial charge in [-0.05, 0) is 43.4 Å². The zero-order chi connectivity index (χ0) is 19.8. The number of nitrogens with two attached hydrogens (primary N) is 1. The second kappa shape index (κ2) is 6.11. The summed E-state index contributed by atoms with van der Waals surface area (Å²) in [5, 5.41) is 2.22. The Labute approximate surface area is 171 Å². The van der Waals surface area contributed by atoms with Crippen LogP contribution in [0.5, 0.6) is 11.5 Å². The molecular formula is C23H30NO5+. The number of hydrogen-bond acceptors (Lipinski definition) is 5. The molecule has 29 heavy (non-hydrogen) atoms. The van der Waals surface area contributed by atoms with Gasteiger partial charge in [-0.1, -0.05) is 20.3 Å². The number of epoxide rings is 1. The largest absolute Gasteiger partial charge is 0.462 e. The Bertz CT molecular complexity index is 858. The first-order valence-electron chi connectivity index (χ1n) is 11.1. The van der Waals surface area contributed by atoms with Gasteiger partial charge in [-0.15, -0.1) is 0 Å². The van der Waals surface area contributed by atoms with E-state index in [0.717, 1.165) is 31.0 Å². The monoisotopic (exact) mass is 400 g/mol. The highest BCUT2D eigenvalue weighted by Gasteiger charge is 2.78. The third-order valence-corrected chi connectivity index (χ3v) is 8.43. The van der Waals surface area contributed by atoms with Crippen molar-refractivity contribution in [1.82, 2.24) is 0 Å². The van der Waals surface area contributed by atoms with Crippen LogP contribution in [-0.4, -0.2) is 37.1 Å². The second-order valence-corrected chi connectivity index (χ2v) is 9.96. The highest BCUT2D eigenvalue weighted by atomic mass is 16.7. The molecule has 2 saturated heterocycles. The number of rotatable bonds is 4.